The van der Waals surface area contributed by atoms with Crippen LogP contribution in [0.4, 0.5) is 0 Å². The molecule has 4 aromatic rings. The first-order valence-corrected chi connectivity index (χ1v) is 12.1. The highest BCUT2D eigenvalue weighted by Crippen LogP contribution is 2.28. The number of para-hydroxylation sites is 1. The number of aryl methyl sites for hydroxylation is 2. The van der Waals surface area contributed by atoms with E-state index in [1.54, 1.807) is 17.5 Å². The molecule has 0 bridgehead atoms. The van der Waals surface area contributed by atoms with E-state index < -0.39 is 0 Å². The molecule has 1 saturated heterocycles. The van der Waals surface area contributed by atoms with E-state index in [0.717, 1.165) is 56.1 Å². The van der Waals surface area contributed by atoms with Crippen molar-refractivity contribution in [2.24, 2.45) is 0 Å². The van der Waals surface area contributed by atoms with Crippen LogP contribution in [0.2, 0.25) is 0 Å². The van der Waals surface area contributed by atoms with Gasteiger partial charge in [-0.15, -0.1) is 0 Å². The Balaban J connectivity index is 1.23. The Kier molecular flexibility index (Phi) is 5.90. The van der Waals surface area contributed by atoms with Crippen molar-refractivity contribution >= 4 is 17.2 Å². The van der Waals surface area contributed by atoms with Crippen molar-refractivity contribution in [1.82, 2.24) is 24.2 Å². The van der Waals surface area contributed by atoms with Gasteiger partial charge in [-0.1, -0.05) is 18.2 Å². The molecule has 0 N–H and O–H groups in total. The quantitative estimate of drug-likeness (QED) is 0.432. The lowest BCUT2D eigenvalue weighted by molar-refractivity contribution is 0.0709. The second-order valence-corrected chi connectivity index (χ2v) is 9.10. The number of imidazole rings is 1. The summed E-state index contributed by atoms with van der Waals surface area (Å²) in [6.45, 7) is 4.40. The van der Waals surface area contributed by atoms with Crippen LogP contribution in [0.15, 0.2) is 65.7 Å². The van der Waals surface area contributed by atoms with E-state index in [0.29, 0.717) is 11.5 Å². The molecule has 0 spiro atoms. The summed E-state index contributed by atoms with van der Waals surface area (Å²) in [7, 11) is 0. The molecule has 0 aliphatic carbocycles. The molecular weight excluding hydrogens is 418 g/mol. The van der Waals surface area contributed by atoms with Gasteiger partial charge in [-0.25, -0.2) is 9.67 Å². The Morgan fingerprint density at radius 1 is 1.16 bits per heavy atom. The molecule has 32 heavy (non-hydrogen) atoms. The van der Waals surface area contributed by atoms with Crippen LogP contribution in [0.5, 0.6) is 0 Å². The predicted octanol–water partition coefficient (Wildman–Crippen LogP) is 4.70. The molecule has 0 unspecified atom stereocenters. The molecule has 4 heterocycles. The number of aromatic nitrogens is 4. The molecule has 164 valence electrons. The van der Waals surface area contributed by atoms with Gasteiger partial charge < -0.3 is 9.47 Å². The summed E-state index contributed by atoms with van der Waals surface area (Å²) in [4.78, 5) is 19.8. The fourth-order valence-electron chi connectivity index (χ4n) is 4.51. The number of carbonyl (C=O) groups is 1. The molecule has 1 fully saturated rings. The average molecular weight is 446 g/mol. The average Bonchev–Trinajstić information content (AvgIpc) is 3.59. The number of piperidine rings is 1. The lowest BCUT2D eigenvalue weighted by Crippen LogP contribution is -2.38. The third kappa shape index (κ3) is 4.12. The van der Waals surface area contributed by atoms with E-state index in [2.05, 4.69) is 37.7 Å². The Morgan fingerprint density at radius 2 is 1.97 bits per heavy atom. The number of carbonyl (C=O) groups excluding carboxylic acids is 1. The van der Waals surface area contributed by atoms with Crippen molar-refractivity contribution in [2.75, 3.05) is 13.1 Å². The van der Waals surface area contributed by atoms with Crippen molar-refractivity contribution in [3.63, 3.8) is 0 Å². The van der Waals surface area contributed by atoms with Crippen LogP contribution in [-0.4, -0.2) is 43.2 Å². The predicted molar refractivity (Wildman–Crippen MR) is 126 cm³/mol. The zero-order chi connectivity index (χ0) is 21.9. The van der Waals surface area contributed by atoms with Gasteiger partial charge in [0.1, 0.15) is 5.82 Å². The highest BCUT2D eigenvalue weighted by atomic mass is 32.1. The molecule has 1 aliphatic rings. The lowest BCUT2D eigenvalue weighted by atomic mass is 9.95. The molecule has 1 aromatic carbocycles. The molecule has 0 radical (unpaired) electrons. The van der Waals surface area contributed by atoms with Crippen molar-refractivity contribution in [3.05, 3.63) is 88.4 Å². The van der Waals surface area contributed by atoms with Crippen molar-refractivity contribution in [3.8, 4) is 5.69 Å². The molecule has 0 atom stereocenters. The third-order valence-electron chi connectivity index (χ3n) is 6.36. The van der Waals surface area contributed by atoms with E-state index in [4.69, 9.17) is 0 Å². The SMILES string of the molecule is Cc1c(C(=O)N2CCC(c3nccn3CCc3ccsc3)CC2)cnn1-c1ccccc1. The lowest BCUT2D eigenvalue weighted by Gasteiger charge is -2.32. The van der Waals surface area contributed by atoms with Gasteiger partial charge in [-0.3, -0.25) is 4.79 Å². The fraction of sp³-hybridized carbons (Fsp3) is 0.320. The Hall–Kier alpha value is -3.19. The molecule has 0 saturated carbocycles. The zero-order valence-corrected chi connectivity index (χ0v) is 19.0. The van der Waals surface area contributed by atoms with Gasteiger partial charge in [0.25, 0.3) is 5.91 Å². The van der Waals surface area contributed by atoms with Crippen LogP contribution in [0.25, 0.3) is 5.69 Å². The first-order chi connectivity index (χ1) is 15.7. The van der Waals surface area contributed by atoms with E-state index >= 15 is 0 Å². The Labute approximate surface area is 192 Å². The van der Waals surface area contributed by atoms with Crippen LogP contribution in [0, 0.1) is 6.92 Å². The number of hydrogen-bond acceptors (Lipinski definition) is 4. The van der Waals surface area contributed by atoms with Gasteiger partial charge in [0.05, 0.1) is 23.1 Å². The summed E-state index contributed by atoms with van der Waals surface area (Å²) < 4.78 is 4.12. The first-order valence-electron chi connectivity index (χ1n) is 11.1. The van der Waals surface area contributed by atoms with Crippen LogP contribution in [0.3, 0.4) is 0 Å². The standard InChI is InChI=1S/C25H27N5OS/c1-19-23(17-27-30(19)22-5-3-2-4-6-22)25(31)29-13-8-21(9-14-29)24-26-11-15-28(24)12-7-20-10-16-32-18-20/h2-6,10-11,15-18,21H,7-9,12-14H2,1H3. The van der Waals surface area contributed by atoms with Crippen LogP contribution < -0.4 is 0 Å². The number of rotatable bonds is 6. The minimum Gasteiger partial charge on any atom is -0.338 e. The molecule has 7 heteroatoms. The van der Waals surface area contributed by atoms with Crippen LogP contribution in [0.1, 0.15) is 46.2 Å². The van der Waals surface area contributed by atoms with E-state index in [9.17, 15) is 4.79 Å². The maximum atomic E-state index is 13.2. The van der Waals surface area contributed by atoms with Crippen LogP contribution in [-0.2, 0) is 13.0 Å². The second-order valence-electron chi connectivity index (χ2n) is 8.32. The summed E-state index contributed by atoms with van der Waals surface area (Å²) in [5, 5.41) is 8.81. The number of thiophene rings is 1. The number of amides is 1. The molecular formula is C25H27N5OS. The zero-order valence-electron chi connectivity index (χ0n) is 18.2. The minimum absolute atomic E-state index is 0.0731. The molecule has 5 rings (SSSR count). The smallest absolute Gasteiger partial charge is 0.257 e. The van der Waals surface area contributed by atoms with Gasteiger partial charge in [0.2, 0.25) is 0 Å². The van der Waals surface area contributed by atoms with E-state index in [-0.39, 0.29) is 5.91 Å². The maximum Gasteiger partial charge on any atom is 0.257 e. The van der Waals surface area contributed by atoms with Gasteiger partial charge >= 0.3 is 0 Å². The third-order valence-corrected chi connectivity index (χ3v) is 7.09. The van der Waals surface area contributed by atoms with Crippen molar-refractivity contribution in [2.45, 2.75) is 38.6 Å². The first kappa shape index (κ1) is 20.7. The van der Waals surface area contributed by atoms with E-state index in [1.165, 1.54) is 5.56 Å². The maximum absolute atomic E-state index is 13.2. The summed E-state index contributed by atoms with van der Waals surface area (Å²) in [6.07, 6.45) is 8.59. The number of likely N-dealkylation sites (tertiary alicyclic amines) is 1. The topological polar surface area (TPSA) is 56.0 Å². The highest BCUT2D eigenvalue weighted by molar-refractivity contribution is 7.07. The second kappa shape index (κ2) is 9.12. The van der Waals surface area contributed by atoms with Gasteiger partial charge in [0.15, 0.2) is 0 Å². The molecule has 3 aromatic heterocycles. The molecule has 6 nitrogen and oxygen atoms in total. The summed E-state index contributed by atoms with van der Waals surface area (Å²) >= 11 is 1.74. The fourth-order valence-corrected chi connectivity index (χ4v) is 5.22. The Bertz CT molecular complexity index is 1170. The van der Waals surface area contributed by atoms with Gasteiger partial charge in [0, 0.05) is 37.9 Å². The van der Waals surface area contributed by atoms with Gasteiger partial charge in [-0.2, -0.15) is 16.4 Å². The number of benzene rings is 1. The largest absolute Gasteiger partial charge is 0.338 e. The van der Waals surface area contributed by atoms with Crippen LogP contribution >= 0.6 is 11.3 Å². The summed E-state index contributed by atoms with van der Waals surface area (Å²) in [5.74, 6) is 1.62. The van der Waals surface area contributed by atoms with Crippen molar-refractivity contribution < 1.29 is 4.79 Å². The van der Waals surface area contributed by atoms with Crippen molar-refractivity contribution in [1.29, 1.82) is 0 Å². The number of nitrogens with zero attached hydrogens (tertiary/aromatic N) is 5. The Morgan fingerprint density at radius 3 is 2.72 bits per heavy atom. The summed E-state index contributed by atoms with van der Waals surface area (Å²) in [6, 6.07) is 12.1. The monoisotopic (exact) mass is 445 g/mol. The van der Waals surface area contributed by atoms with Gasteiger partial charge in [-0.05, 0) is 60.7 Å². The normalized spacial score (nSPS) is 14.7. The molecule has 1 amide bonds. The molecule has 1 aliphatic heterocycles. The van der Waals surface area contributed by atoms with E-state index in [1.807, 2.05) is 53.0 Å². The highest BCUT2D eigenvalue weighted by Gasteiger charge is 2.28. The number of hydrogen-bond donors (Lipinski definition) is 0. The minimum atomic E-state index is 0.0731. The summed E-state index contributed by atoms with van der Waals surface area (Å²) in [5.41, 5.74) is 3.91.